The summed E-state index contributed by atoms with van der Waals surface area (Å²) in [5.74, 6) is 1.67. The Balaban J connectivity index is 1.96. The van der Waals surface area contributed by atoms with Crippen molar-refractivity contribution in [3.05, 3.63) is 48.5 Å². The molecule has 4 aromatic rings. The van der Waals surface area contributed by atoms with Crippen LogP contribution in [0.5, 0.6) is 11.5 Å². The van der Waals surface area contributed by atoms with Crippen LogP contribution in [0.1, 0.15) is 5.82 Å². The number of H-pyrrole nitrogens is 1. The maximum atomic E-state index is 10.7. The van der Waals surface area contributed by atoms with Gasteiger partial charge in [-0.3, -0.25) is 10.1 Å². The number of aromatic hydroxyl groups is 1. The van der Waals surface area contributed by atoms with Crippen LogP contribution in [0, 0.1) is 6.92 Å². The van der Waals surface area contributed by atoms with E-state index in [1.54, 1.807) is 26.4 Å². The van der Waals surface area contributed by atoms with Crippen molar-refractivity contribution in [3.8, 4) is 34.1 Å². The van der Waals surface area contributed by atoms with E-state index >= 15 is 0 Å². The molecule has 7 heteroatoms. The summed E-state index contributed by atoms with van der Waals surface area (Å²) in [5.41, 5.74) is 2.51. The van der Waals surface area contributed by atoms with Gasteiger partial charge in [-0.2, -0.15) is 5.10 Å². The van der Waals surface area contributed by atoms with Gasteiger partial charge in [0.25, 0.3) is 0 Å². The van der Waals surface area contributed by atoms with Gasteiger partial charge in [0.1, 0.15) is 17.1 Å². The molecule has 0 aliphatic rings. The third-order valence-electron chi connectivity index (χ3n) is 3.97. The summed E-state index contributed by atoms with van der Waals surface area (Å²) < 4.78 is 5.45. The van der Waals surface area contributed by atoms with Gasteiger partial charge in [-0.1, -0.05) is 18.2 Å². The zero-order valence-electron chi connectivity index (χ0n) is 13.7. The molecule has 0 fully saturated rings. The molecule has 0 unspecified atom stereocenters. The summed E-state index contributed by atoms with van der Waals surface area (Å²) in [5, 5.41) is 18.2. The second-order valence-electron chi connectivity index (χ2n) is 5.52. The SMILES string of the molecule is COc1ccccc1-c1ccnc2c(O)c(-c3n[nH]c(C)n3)ncc12. The quantitative estimate of drug-likeness (QED) is 0.598. The minimum Gasteiger partial charge on any atom is -0.504 e. The van der Waals surface area contributed by atoms with Crippen molar-refractivity contribution >= 4 is 10.9 Å². The smallest absolute Gasteiger partial charge is 0.203 e. The van der Waals surface area contributed by atoms with Crippen LogP contribution in [0.15, 0.2) is 42.7 Å². The van der Waals surface area contributed by atoms with Gasteiger partial charge in [0.15, 0.2) is 11.4 Å². The van der Waals surface area contributed by atoms with E-state index in [0.717, 1.165) is 22.3 Å². The molecule has 0 spiro atoms. The first kappa shape index (κ1) is 15.1. The maximum absolute atomic E-state index is 10.7. The zero-order chi connectivity index (χ0) is 17.4. The van der Waals surface area contributed by atoms with Crippen LogP contribution < -0.4 is 4.74 Å². The van der Waals surface area contributed by atoms with Crippen molar-refractivity contribution in [2.24, 2.45) is 0 Å². The predicted molar refractivity (Wildman–Crippen MR) is 93.3 cm³/mol. The van der Waals surface area contributed by atoms with Crippen LogP contribution >= 0.6 is 0 Å². The number of para-hydroxylation sites is 1. The molecular weight excluding hydrogens is 318 g/mol. The largest absolute Gasteiger partial charge is 0.504 e. The van der Waals surface area contributed by atoms with Crippen LogP contribution in [0.3, 0.4) is 0 Å². The van der Waals surface area contributed by atoms with Gasteiger partial charge in [0, 0.05) is 23.3 Å². The van der Waals surface area contributed by atoms with E-state index in [0.29, 0.717) is 22.9 Å². The maximum Gasteiger partial charge on any atom is 0.203 e. The number of aromatic nitrogens is 5. The van der Waals surface area contributed by atoms with E-state index in [2.05, 4.69) is 25.1 Å². The van der Waals surface area contributed by atoms with Crippen LogP contribution in [-0.2, 0) is 0 Å². The van der Waals surface area contributed by atoms with E-state index in [1.165, 1.54) is 0 Å². The minimum absolute atomic E-state index is 0.0479. The predicted octanol–water partition coefficient (Wildman–Crippen LogP) is 3.10. The lowest BCUT2D eigenvalue weighted by atomic mass is 10.0. The van der Waals surface area contributed by atoms with Gasteiger partial charge in [0.05, 0.1) is 7.11 Å². The number of aryl methyl sites for hydroxylation is 1. The zero-order valence-corrected chi connectivity index (χ0v) is 13.7. The molecule has 0 amide bonds. The Labute approximate surface area is 143 Å². The third kappa shape index (κ3) is 2.46. The summed E-state index contributed by atoms with van der Waals surface area (Å²) in [4.78, 5) is 12.9. The minimum atomic E-state index is -0.0479. The van der Waals surface area contributed by atoms with Crippen LogP contribution in [-0.4, -0.2) is 37.4 Å². The lowest BCUT2D eigenvalue weighted by molar-refractivity contribution is 0.416. The highest BCUT2D eigenvalue weighted by Crippen LogP contribution is 2.38. The Bertz CT molecular complexity index is 1070. The van der Waals surface area contributed by atoms with E-state index in [1.807, 2.05) is 30.3 Å². The van der Waals surface area contributed by atoms with Crippen molar-refractivity contribution in [2.75, 3.05) is 7.11 Å². The first-order chi connectivity index (χ1) is 12.2. The number of nitrogens with zero attached hydrogens (tertiary/aromatic N) is 4. The average Bonchev–Trinajstić information content (AvgIpc) is 3.08. The molecule has 0 atom stereocenters. The Morgan fingerprint density at radius 1 is 1.08 bits per heavy atom. The van der Waals surface area contributed by atoms with Gasteiger partial charge in [0.2, 0.25) is 5.82 Å². The van der Waals surface area contributed by atoms with Gasteiger partial charge in [-0.05, 0) is 24.6 Å². The summed E-state index contributed by atoms with van der Waals surface area (Å²) in [7, 11) is 1.63. The second kappa shape index (κ2) is 5.86. The Morgan fingerprint density at radius 3 is 2.68 bits per heavy atom. The van der Waals surface area contributed by atoms with Gasteiger partial charge < -0.3 is 9.84 Å². The normalized spacial score (nSPS) is 11.0. The molecule has 0 aliphatic heterocycles. The number of rotatable bonds is 3. The van der Waals surface area contributed by atoms with Gasteiger partial charge >= 0.3 is 0 Å². The molecule has 0 saturated heterocycles. The third-order valence-corrected chi connectivity index (χ3v) is 3.97. The Hall–Kier alpha value is -3.48. The standard InChI is InChI=1S/C18H15N5O2/c1-10-21-18(23-22-10)16-17(24)15-13(9-20-16)11(7-8-19-15)12-5-3-4-6-14(12)25-2/h3-9,24H,1-2H3,(H,21,22,23). The second-order valence-corrected chi connectivity index (χ2v) is 5.52. The molecule has 3 aromatic heterocycles. The fourth-order valence-corrected chi connectivity index (χ4v) is 2.81. The van der Waals surface area contributed by atoms with Crippen molar-refractivity contribution in [3.63, 3.8) is 0 Å². The van der Waals surface area contributed by atoms with Crippen molar-refractivity contribution in [1.29, 1.82) is 0 Å². The van der Waals surface area contributed by atoms with Crippen LogP contribution in [0.25, 0.3) is 33.5 Å². The molecule has 3 heterocycles. The molecule has 7 nitrogen and oxygen atoms in total. The summed E-state index contributed by atoms with van der Waals surface area (Å²) in [6.07, 6.45) is 3.32. The van der Waals surface area contributed by atoms with E-state index in [9.17, 15) is 5.11 Å². The van der Waals surface area contributed by atoms with Gasteiger partial charge in [-0.15, -0.1) is 0 Å². The lowest BCUT2D eigenvalue weighted by Gasteiger charge is -2.11. The van der Waals surface area contributed by atoms with E-state index in [4.69, 9.17) is 4.74 Å². The number of pyridine rings is 2. The highest BCUT2D eigenvalue weighted by atomic mass is 16.5. The number of hydrogen-bond donors (Lipinski definition) is 2. The van der Waals surface area contributed by atoms with E-state index < -0.39 is 0 Å². The number of aromatic amines is 1. The molecule has 4 rings (SSSR count). The monoisotopic (exact) mass is 333 g/mol. The molecule has 0 saturated carbocycles. The molecule has 0 aliphatic carbocycles. The van der Waals surface area contributed by atoms with Crippen molar-refractivity contribution in [1.82, 2.24) is 25.1 Å². The van der Waals surface area contributed by atoms with Gasteiger partial charge in [-0.25, -0.2) is 9.97 Å². The van der Waals surface area contributed by atoms with Crippen molar-refractivity contribution in [2.45, 2.75) is 6.92 Å². The molecule has 25 heavy (non-hydrogen) atoms. The summed E-state index contributed by atoms with van der Waals surface area (Å²) in [6, 6.07) is 9.56. The topological polar surface area (TPSA) is 96.8 Å². The molecule has 0 radical (unpaired) electrons. The molecule has 1 aromatic carbocycles. The molecule has 0 bridgehead atoms. The number of methoxy groups -OCH3 is 1. The number of fused-ring (bicyclic) bond motifs is 1. The molecule has 2 N–H and O–H groups in total. The number of ether oxygens (including phenoxy) is 1. The number of benzene rings is 1. The van der Waals surface area contributed by atoms with Crippen LogP contribution in [0.4, 0.5) is 0 Å². The Kier molecular flexibility index (Phi) is 3.53. The summed E-state index contributed by atoms with van der Waals surface area (Å²) >= 11 is 0. The molecular formula is C18H15N5O2. The molecule has 124 valence electrons. The summed E-state index contributed by atoms with van der Waals surface area (Å²) in [6.45, 7) is 1.78. The average molecular weight is 333 g/mol. The number of nitrogens with one attached hydrogen (secondary N) is 1. The van der Waals surface area contributed by atoms with Crippen LogP contribution in [0.2, 0.25) is 0 Å². The first-order valence-electron chi connectivity index (χ1n) is 7.68. The fraction of sp³-hybridized carbons (Fsp3) is 0.111. The number of hydrogen-bond acceptors (Lipinski definition) is 6. The van der Waals surface area contributed by atoms with Crippen molar-refractivity contribution < 1.29 is 9.84 Å². The lowest BCUT2D eigenvalue weighted by Crippen LogP contribution is -1.93. The first-order valence-corrected chi connectivity index (χ1v) is 7.68. The highest BCUT2D eigenvalue weighted by Gasteiger charge is 2.18. The van der Waals surface area contributed by atoms with E-state index in [-0.39, 0.29) is 5.75 Å². The fourth-order valence-electron chi connectivity index (χ4n) is 2.81. The Morgan fingerprint density at radius 2 is 1.92 bits per heavy atom. The highest BCUT2D eigenvalue weighted by molar-refractivity contribution is 5.99.